The molecule has 0 saturated carbocycles. The predicted molar refractivity (Wildman–Crippen MR) is 76.5 cm³/mol. The summed E-state index contributed by atoms with van der Waals surface area (Å²) in [5.74, 6) is -1.95. The van der Waals surface area contributed by atoms with Crippen molar-refractivity contribution in [1.29, 1.82) is 0 Å². The molecule has 0 aliphatic carbocycles. The minimum atomic E-state index is -0.712. The van der Waals surface area contributed by atoms with Gasteiger partial charge in [0.05, 0.1) is 19.6 Å². The molecule has 0 spiro atoms. The molecule has 0 aliphatic rings. The van der Waals surface area contributed by atoms with Crippen molar-refractivity contribution < 1.29 is 28.6 Å². The maximum absolute atomic E-state index is 11.4. The van der Waals surface area contributed by atoms with Crippen molar-refractivity contribution in [3.8, 4) is 0 Å². The van der Waals surface area contributed by atoms with Gasteiger partial charge in [0.1, 0.15) is 0 Å². The van der Waals surface area contributed by atoms with Gasteiger partial charge >= 0.3 is 17.9 Å². The van der Waals surface area contributed by atoms with E-state index < -0.39 is 24.5 Å². The van der Waals surface area contributed by atoms with Gasteiger partial charge in [-0.15, -0.1) is 0 Å². The van der Waals surface area contributed by atoms with Gasteiger partial charge < -0.3 is 14.2 Å². The summed E-state index contributed by atoms with van der Waals surface area (Å²) >= 11 is 0. The van der Waals surface area contributed by atoms with Crippen molar-refractivity contribution in [2.45, 2.75) is 46.0 Å². The zero-order chi connectivity index (χ0) is 16.1. The van der Waals surface area contributed by atoms with E-state index in [-0.39, 0.29) is 18.6 Å². The van der Waals surface area contributed by atoms with Gasteiger partial charge in [-0.1, -0.05) is 32.8 Å². The molecule has 0 aliphatic heterocycles. The Morgan fingerprint density at radius 3 is 2.24 bits per heavy atom. The molecule has 6 heteroatoms. The highest BCUT2D eigenvalue weighted by Gasteiger charge is 2.15. The minimum absolute atomic E-state index is 0.00483. The molecule has 21 heavy (non-hydrogen) atoms. The summed E-state index contributed by atoms with van der Waals surface area (Å²) in [6.07, 6.45) is 3.71. The highest BCUT2D eigenvalue weighted by atomic mass is 16.6. The molecule has 0 aromatic carbocycles. The van der Waals surface area contributed by atoms with E-state index in [0.717, 1.165) is 25.7 Å². The molecular formula is C15H24O6. The quantitative estimate of drug-likeness (QED) is 0.252. The Morgan fingerprint density at radius 1 is 0.905 bits per heavy atom. The second-order valence-corrected chi connectivity index (χ2v) is 4.44. The molecule has 0 atom stereocenters. The molecular weight excluding hydrogens is 276 g/mol. The summed E-state index contributed by atoms with van der Waals surface area (Å²) in [6.45, 7) is 7.25. The third-order valence-corrected chi connectivity index (χ3v) is 2.53. The summed E-state index contributed by atoms with van der Waals surface area (Å²) in [5.41, 5.74) is -0.00483. The SMILES string of the molecule is C=C(CC(=O)OCC(=O)OCCCCCC)C(=O)OCC. The average molecular weight is 300 g/mol. The summed E-state index contributed by atoms with van der Waals surface area (Å²) in [4.78, 5) is 33.9. The van der Waals surface area contributed by atoms with Crippen LogP contribution in [0, 0.1) is 0 Å². The second-order valence-electron chi connectivity index (χ2n) is 4.44. The molecule has 0 unspecified atom stereocenters. The first-order valence-corrected chi connectivity index (χ1v) is 7.17. The third-order valence-electron chi connectivity index (χ3n) is 2.53. The van der Waals surface area contributed by atoms with Crippen LogP contribution >= 0.6 is 0 Å². The normalized spacial score (nSPS) is 9.81. The van der Waals surface area contributed by atoms with E-state index in [9.17, 15) is 14.4 Å². The first-order chi connectivity index (χ1) is 10.0. The first kappa shape index (κ1) is 19.1. The van der Waals surface area contributed by atoms with E-state index in [1.807, 2.05) is 0 Å². The zero-order valence-corrected chi connectivity index (χ0v) is 12.8. The standard InChI is InChI=1S/C15H24O6/c1-4-6-7-8-9-20-14(17)11-21-13(16)10-12(3)15(18)19-5-2/h3-11H2,1-2H3. The van der Waals surface area contributed by atoms with Gasteiger partial charge in [-0.25, -0.2) is 9.59 Å². The number of rotatable bonds is 11. The van der Waals surface area contributed by atoms with Crippen LogP contribution < -0.4 is 0 Å². The fraction of sp³-hybridized carbons (Fsp3) is 0.667. The molecule has 120 valence electrons. The van der Waals surface area contributed by atoms with Crippen molar-refractivity contribution in [2.75, 3.05) is 19.8 Å². The summed E-state index contributed by atoms with van der Waals surface area (Å²) in [5, 5.41) is 0. The predicted octanol–water partition coefficient (Wildman–Crippen LogP) is 2.16. The Labute approximate surface area is 125 Å². The van der Waals surface area contributed by atoms with E-state index in [1.54, 1.807) is 6.92 Å². The lowest BCUT2D eigenvalue weighted by molar-refractivity contribution is -0.158. The van der Waals surface area contributed by atoms with E-state index in [4.69, 9.17) is 9.47 Å². The topological polar surface area (TPSA) is 78.9 Å². The van der Waals surface area contributed by atoms with Gasteiger partial charge in [-0.2, -0.15) is 0 Å². The lowest BCUT2D eigenvalue weighted by atomic mass is 10.2. The van der Waals surface area contributed by atoms with Gasteiger partial charge in [0.2, 0.25) is 0 Å². The molecule has 0 radical (unpaired) electrons. The molecule has 0 rings (SSSR count). The van der Waals surface area contributed by atoms with Crippen molar-refractivity contribution in [3.05, 3.63) is 12.2 Å². The Balaban J connectivity index is 3.75. The number of carbonyl (C=O) groups is 3. The summed E-state index contributed by atoms with van der Waals surface area (Å²) in [7, 11) is 0. The van der Waals surface area contributed by atoms with E-state index in [2.05, 4.69) is 18.2 Å². The number of hydrogen-bond donors (Lipinski definition) is 0. The molecule has 0 fully saturated rings. The number of hydrogen-bond acceptors (Lipinski definition) is 6. The lowest BCUT2D eigenvalue weighted by Crippen LogP contribution is -2.18. The van der Waals surface area contributed by atoms with Crippen LogP contribution in [0.2, 0.25) is 0 Å². The maximum atomic E-state index is 11.4. The molecule has 0 saturated heterocycles. The fourth-order valence-electron chi connectivity index (χ4n) is 1.43. The third kappa shape index (κ3) is 10.6. The molecule has 6 nitrogen and oxygen atoms in total. The van der Waals surface area contributed by atoms with Gasteiger partial charge in [0, 0.05) is 5.57 Å². The molecule has 0 aromatic heterocycles. The molecule has 0 bridgehead atoms. The second kappa shape index (κ2) is 11.9. The van der Waals surface area contributed by atoms with Crippen LogP contribution in [-0.4, -0.2) is 37.7 Å². The first-order valence-electron chi connectivity index (χ1n) is 7.17. The highest BCUT2D eigenvalue weighted by molar-refractivity contribution is 5.93. The summed E-state index contributed by atoms with van der Waals surface area (Å²) < 4.78 is 14.3. The Bertz CT molecular complexity index is 361. The molecule has 0 aromatic rings. The van der Waals surface area contributed by atoms with Crippen LogP contribution in [0.4, 0.5) is 0 Å². The molecule has 0 heterocycles. The Hall–Kier alpha value is -1.85. The average Bonchev–Trinajstić information content (AvgIpc) is 2.45. The van der Waals surface area contributed by atoms with Gasteiger partial charge in [-0.3, -0.25) is 4.79 Å². The van der Waals surface area contributed by atoms with Gasteiger partial charge in [0.25, 0.3) is 0 Å². The highest BCUT2D eigenvalue weighted by Crippen LogP contribution is 2.03. The van der Waals surface area contributed by atoms with Gasteiger partial charge in [-0.05, 0) is 13.3 Å². The molecule has 0 N–H and O–H groups in total. The van der Waals surface area contributed by atoms with E-state index in [0.29, 0.717) is 6.61 Å². The number of unbranched alkanes of at least 4 members (excludes halogenated alkanes) is 3. The monoisotopic (exact) mass is 300 g/mol. The smallest absolute Gasteiger partial charge is 0.344 e. The Kier molecular flexibility index (Phi) is 10.9. The van der Waals surface area contributed by atoms with Crippen LogP contribution in [0.3, 0.4) is 0 Å². The van der Waals surface area contributed by atoms with Crippen molar-refractivity contribution >= 4 is 17.9 Å². The van der Waals surface area contributed by atoms with Crippen LogP contribution in [0.15, 0.2) is 12.2 Å². The molecule has 0 amide bonds. The van der Waals surface area contributed by atoms with Crippen LogP contribution in [0.25, 0.3) is 0 Å². The number of ether oxygens (including phenoxy) is 3. The van der Waals surface area contributed by atoms with Crippen molar-refractivity contribution in [3.63, 3.8) is 0 Å². The van der Waals surface area contributed by atoms with Crippen LogP contribution in [0.5, 0.6) is 0 Å². The van der Waals surface area contributed by atoms with Crippen molar-refractivity contribution in [1.82, 2.24) is 0 Å². The summed E-state index contributed by atoms with van der Waals surface area (Å²) in [6, 6.07) is 0. The zero-order valence-electron chi connectivity index (χ0n) is 12.8. The number of carbonyl (C=O) groups excluding carboxylic acids is 3. The van der Waals surface area contributed by atoms with Crippen LogP contribution in [-0.2, 0) is 28.6 Å². The Morgan fingerprint density at radius 2 is 1.62 bits per heavy atom. The largest absolute Gasteiger partial charge is 0.463 e. The van der Waals surface area contributed by atoms with E-state index in [1.165, 1.54) is 0 Å². The van der Waals surface area contributed by atoms with Crippen molar-refractivity contribution in [2.24, 2.45) is 0 Å². The van der Waals surface area contributed by atoms with Crippen LogP contribution in [0.1, 0.15) is 46.0 Å². The minimum Gasteiger partial charge on any atom is -0.463 e. The maximum Gasteiger partial charge on any atom is 0.344 e. The van der Waals surface area contributed by atoms with E-state index >= 15 is 0 Å². The fourth-order valence-corrected chi connectivity index (χ4v) is 1.43. The van der Waals surface area contributed by atoms with Gasteiger partial charge in [0.15, 0.2) is 6.61 Å². The lowest BCUT2D eigenvalue weighted by Gasteiger charge is -2.07. The number of esters is 3.